The highest BCUT2D eigenvalue weighted by Crippen LogP contribution is 2.36. The molecule has 0 bridgehead atoms. The van der Waals surface area contributed by atoms with E-state index in [-0.39, 0.29) is 18.3 Å². The van der Waals surface area contributed by atoms with Gasteiger partial charge in [-0.15, -0.1) is 0 Å². The number of halogens is 1. The Morgan fingerprint density at radius 1 is 1.09 bits per heavy atom. The predicted octanol–water partition coefficient (Wildman–Crippen LogP) is 4.24. The van der Waals surface area contributed by atoms with Crippen LogP contribution in [0.4, 0.5) is 9.18 Å². The molecule has 0 radical (unpaired) electrons. The molecular weight excluding hydrogens is 415 g/mol. The molecule has 1 heterocycles. The molecule has 2 aromatic carbocycles. The molecule has 0 aliphatic carbocycles. The van der Waals surface area contributed by atoms with Crippen molar-refractivity contribution in [2.45, 2.75) is 33.4 Å². The van der Waals surface area contributed by atoms with E-state index in [4.69, 9.17) is 14.2 Å². The Bertz CT molecular complexity index is 1020. The highest BCUT2D eigenvalue weighted by atomic mass is 19.1. The lowest BCUT2D eigenvalue weighted by atomic mass is 9.91. The van der Waals surface area contributed by atoms with E-state index < -0.39 is 18.0 Å². The van der Waals surface area contributed by atoms with Gasteiger partial charge >= 0.3 is 12.0 Å². The van der Waals surface area contributed by atoms with E-state index in [1.54, 1.807) is 30.3 Å². The fourth-order valence-corrected chi connectivity index (χ4v) is 3.46. The Kier molecular flexibility index (Phi) is 7.35. The second kappa shape index (κ2) is 10.2. The normalized spacial score (nSPS) is 15.8. The first-order valence-corrected chi connectivity index (χ1v) is 10.4. The van der Waals surface area contributed by atoms with Crippen LogP contribution >= 0.6 is 0 Å². The zero-order valence-corrected chi connectivity index (χ0v) is 18.5. The third-order valence-corrected chi connectivity index (χ3v) is 4.99. The molecule has 3 rings (SSSR count). The van der Waals surface area contributed by atoms with Gasteiger partial charge in [0.2, 0.25) is 0 Å². The van der Waals surface area contributed by atoms with Gasteiger partial charge in [0.1, 0.15) is 12.4 Å². The Morgan fingerprint density at radius 2 is 1.81 bits per heavy atom. The standard InChI is InChI=1S/C24H27FN2O5/c1-5-31-19-12-16(8-11-18(19)32-13-15-6-9-17(25)10-7-15)22-20(23(28)30-4)21(14(2)3)26-24(29)27-22/h6-12,14,22H,5,13H2,1-4H3,(H2,26,27,29). The van der Waals surface area contributed by atoms with E-state index in [1.165, 1.54) is 19.2 Å². The van der Waals surface area contributed by atoms with Crippen molar-refractivity contribution in [2.24, 2.45) is 5.92 Å². The van der Waals surface area contributed by atoms with Gasteiger partial charge in [0, 0.05) is 5.70 Å². The predicted molar refractivity (Wildman–Crippen MR) is 117 cm³/mol. The molecule has 0 saturated heterocycles. The molecule has 0 spiro atoms. The monoisotopic (exact) mass is 442 g/mol. The summed E-state index contributed by atoms with van der Waals surface area (Å²) in [6.45, 7) is 6.25. The summed E-state index contributed by atoms with van der Waals surface area (Å²) in [5.41, 5.74) is 2.31. The number of ether oxygens (including phenoxy) is 3. The SMILES string of the molecule is CCOc1cc(C2NC(=O)NC(C(C)C)=C2C(=O)OC)ccc1OCc1ccc(F)cc1. The van der Waals surface area contributed by atoms with Crippen LogP contribution < -0.4 is 20.1 Å². The first-order valence-electron chi connectivity index (χ1n) is 10.4. The number of methoxy groups -OCH3 is 1. The zero-order valence-electron chi connectivity index (χ0n) is 18.5. The van der Waals surface area contributed by atoms with Gasteiger partial charge in [-0.2, -0.15) is 0 Å². The van der Waals surface area contributed by atoms with Gasteiger partial charge in [0.25, 0.3) is 0 Å². The van der Waals surface area contributed by atoms with E-state index in [9.17, 15) is 14.0 Å². The lowest BCUT2D eigenvalue weighted by Gasteiger charge is -2.31. The van der Waals surface area contributed by atoms with Crippen molar-refractivity contribution in [2.75, 3.05) is 13.7 Å². The molecule has 0 aromatic heterocycles. The molecule has 0 fully saturated rings. The van der Waals surface area contributed by atoms with Gasteiger partial charge < -0.3 is 24.8 Å². The number of nitrogens with one attached hydrogen (secondary N) is 2. The molecule has 170 valence electrons. The number of hydrogen-bond acceptors (Lipinski definition) is 5. The van der Waals surface area contributed by atoms with Gasteiger partial charge in [0.05, 0.1) is 25.3 Å². The molecule has 32 heavy (non-hydrogen) atoms. The molecule has 1 atom stereocenters. The van der Waals surface area contributed by atoms with E-state index >= 15 is 0 Å². The maximum Gasteiger partial charge on any atom is 0.337 e. The molecule has 1 aliphatic rings. The van der Waals surface area contributed by atoms with Gasteiger partial charge in [-0.1, -0.05) is 32.0 Å². The number of rotatable bonds is 8. The average Bonchev–Trinajstić information content (AvgIpc) is 2.78. The molecule has 8 heteroatoms. The van der Waals surface area contributed by atoms with Crippen molar-refractivity contribution in [1.29, 1.82) is 0 Å². The van der Waals surface area contributed by atoms with Crippen molar-refractivity contribution in [1.82, 2.24) is 10.6 Å². The highest BCUT2D eigenvalue weighted by molar-refractivity contribution is 5.95. The summed E-state index contributed by atoms with van der Waals surface area (Å²) in [4.78, 5) is 24.9. The molecule has 0 saturated carbocycles. The quantitative estimate of drug-likeness (QED) is 0.598. The Hall–Kier alpha value is -3.55. The van der Waals surface area contributed by atoms with Crippen molar-refractivity contribution < 1.29 is 28.2 Å². The number of allylic oxidation sites excluding steroid dienone is 1. The zero-order chi connectivity index (χ0) is 23.3. The first-order chi connectivity index (χ1) is 15.3. The summed E-state index contributed by atoms with van der Waals surface area (Å²) >= 11 is 0. The van der Waals surface area contributed by atoms with Crippen LogP contribution in [0.3, 0.4) is 0 Å². The minimum absolute atomic E-state index is 0.0951. The molecule has 2 amide bonds. The summed E-state index contributed by atoms with van der Waals surface area (Å²) in [5.74, 6) is 0.0264. The van der Waals surface area contributed by atoms with Crippen LogP contribution in [0.15, 0.2) is 53.7 Å². The number of urea groups is 1. The Labute approximate surface area is 186 Å². The molecular formula is C24H27FN2O5. The lowest BCUT2D eigenvalue weighted by molar-refractivity contribution is -0.136. The number of benzene rings is 2. The van der Waals surface area contributed by atoms with Gasteiger partial charge in [-0.25, -0.2) is 14.0 Å². The van der Waals surface area contributed by atoms with Crippen molar-refractivity contribution in [3.05, 3.63) is 70.7 Å². The van der Waals surface area contributed by atoms with Crippen LogP contribution in [0.1, 0.15) is 37.9 Å². The van der Waals surface area contributed by atoms with Crippen LogP contribution in [0, 0.1) is 11.7 Å². The number of esters is 1. The fourth-order valence-electron chi connectivity index (χ4n) is 3.46. The second-order valence-corrected chi connectivity index (χ2v) is 7.56. The van der Waals surface area contributed by atoms with Crippen molar-refractivity contribution in [3.8, 4) is 11.5 Å². The van der Waals surface area contributed by atoms with E-state index in [0.717, 1.165) is 5.56 Å². The lowest BCUT2D eigenvalue weighted by Crippen LogP contribution is -2.47. The number of carbonyl (C=O) groups excluding carboxylic acids is 2. The summed E-state index contributed by atoms with van der Waals surface area (Å²) in [7, 11) is 1.30. The van der Waals surface area contributed by atoms with E-state index in [0.29, 0.717) is 34.9 Å². The van der Waals surface area contributed by atoms with Gasteiger partial charge in [0.15, 0.2) is 11.5 Å². The molecule has 2 N–H and O–H groups in total. The fraction of sp³-hybridized carbons (Fsp3) is 0.333. The molecule has 1 aliphatic heterocycles. The molecule has 7 nitrogen and oxygen atoms in total. The van der Waals surface area contributed by atoms with Gasteiger partial charge in [-0.3, -0.25) is 0 Å². The van der Waals surface area contributed by atoms with Crippen LogP contribution in [0.5, 0.6) is 11.5 Å². The summed E-state index contributed by atoms with van der Waals surface area (Å²) in [6.07, 6.45) is 0. The highest BCUT2D eigenvalue weighted by Gasteiger charge is 2.34. The smallest absolute Gasteiger partial charge is 0.337 e. The summed E-state index contributed by atoms with van der Waals surface area (Å²) < 4.78 is 29.7. The number of amides is 2. The largest absolute Gasteiger partial charge is 0.490 e. The Balaban J connectivity index is 1.95. The minimum Gasteiger partial charge on any atom is -0.490 e. The van der Waals surface area contributed by atoms with Crippen LogP contribution in [0.25, 0.3) is 0 Å². The van der Waals surface area contributed by atoms with Crippen molar-refractivity contribution in [3.63, 3.8) is 0 Å². The van der Waals surface area contributed by atoms with Gasteiger partial charge in [-0.05, 0) is 48.2 Å². The van der Waals surface area contributed by atoms with Crippen LogP contribution in [0.2, 0.25) is 0 Å². The topological polar surface area (TPSA) is 85.9 Å². The summed E-state index contributed by atoms with van der Waals surface area (Å²) in [5, 5.41) is 5.51. The molecule has 1 unspecified atom stereocenters. The maximum atomic E-state index is 13.1. The average molecular weight is 442 g/mol. The maximum absolute atomic E-state index is 13.1. The third-order valence-electron chi connectivity index (χ3n) is 4.99. The first kappa shape index (κ1) is 23.1. The van der Waals surface area contributed by atoms with Crippen molar-refractivity contribution >= 4 is 12.0 Å². The molecule has 2 aromatic rings. The summed E-state index contributed by atoms with van der Waals surface area (Å²) in [6, 6.07) is 10.2. The Morgan fingerprint density at radius 3 is 2.44 bits per heavy atom. The minimum atomic E-state index is -0.709. The third kappa shape index (κ3) is 5.19. The van der Waals surface area contributed by atoms with Crippen LogP contribution in [-0.4, -0.2) is 25.7 Å². The van der Waals surface area contributed by atoms with Crippen LogP contribution in [-0.2, 0) is 16.1 Å². The van der Waals surface area contributed by atoms with E-state index in [2.05, 4.69) is 10.6 Å². The number of carbonyl (C=O) groups is 2. The number of hydrogen-bond donors (Lipinski definition) is 2. The second-order valence-electron chi connectivity index (χ2n) is 7.56. The van der Waals surface area contributed by atoms with E-state index in [1.807, 2.05) is 20.8 Å².